The van der Waals surface area contributed by atoms with E-state index >= 15 is 0 Å². The molecule has 0 radical (unpaired) electrons. The zero-order valence-electron chi connectivity index (χ0n) is 12.2. The predicted molar refractivity (Wildman–Crippen MR) is 73.4 cm³/mol. The van der Waals surface area contributed by atoms with Gasteiger partial charge in [0.25, 0.3) is 5.91 Å². The fourth-order valence-corrected chi connectivity index (χ4v) is 3.03. The Balaban J connectivity index is 1.85. The Morgan fingerprint density at radius 2 is 1.80 bits per heavy atom. The van der Waals surface area contributed by atoms with E-state index in [1.165, 1.54) is 0 Å². The molecule has 0 aromatic rings. The molecular formula is C14H24N2O4. The van der Waals surface area contributed by atoms with Crippen LogP contribution in [-0.4, -0.2) is 71.7 Å². The maximum Gasteiger partial charge on any atom is 0.332 e. The highest BCUT2D eigenvalue weighted by atomic mass is 16.5. The van der Waals surface area contributed by atoms with Gasteiger partial charge in [0.15, 0.2) is 6.10 Å². The predicted octanol–water partition coefficient (Wildman–Crippen LogP) is 0.561. The molecule has 2 unspecified atom stereocenters. The number of ether oxygens (including phenoxy) is 1. The number of hydrogen-bond donors (Lipinski definition) is 1. The summed E-state index contributed by atoms with van der Waals surface area (Å²) in [6.45, 7) is 5.23. The van der Waals surface area contributed by atoms with Gasteiger partial charge in [-0.15, -0.1) is 0 Å². The lowest BCUT2D eigenvalue weighted by Crippen LogP contribution is -2.48. The summed E-state index contributed by atoms with van der Waals surface area (Å²) >= 11 is 0. The second-order valence-electron chi connectivity index (χ2n) is 5.64. The first kappa shape index (κ1) is 15.3. The molecule has 2 fully saturated rings. The normalized spacial score (nSPS) is 28.5. The molecule has 6 nitrogen and oxygen atoms in total. The van der Waals surface area contributed by atoms with Crippen molar-refractivity contribution in [3.05, 3.63) is 0 Å². The van der Waals surface area contributed by atoms with Crippen molar-refractivity contribution < 1.29 is 19.4 Å². The van der Waals surface area contributed by atoms with E-state index in [2.05, 4.69) is 11.8 Å². The number of carbonyl (C=O) groups is 2. The van der Waals surface area contributed by atoms with E-state index in [-0.39, 0.29) is 11.9 Å². The van der Waals surface area contributed by atoms with Crippen LogP contribution in [0.3, 0.4) is 0 Å². The molecule has 114 valence electrons. The lowest BCUT2D eigenvalue weighted by Gasteiger charge is -2.37. The Labute approximate surface area is 119 Å². The zero-order chi connectivity index (χ0) is 14.7. The van der Waals surface area contributed by atoms with Gasteiger partial charge in [0, 0.05) is 26.2 Å². The van der Waals surface area contributed by atoms with Crippen molar-refractivity contribution in [3.8, 4) is 0 Å². The second kappa shape index (κ2) is 6.54. The minimum absolute atomic E-state index is 0.0660. The first-order valence-electron chi connectivity index (χ1n) is 7.40. The molecule has 20 heavy (non-hydrogen) atoms. The Hall–Kier alpha value is -1.14. The number of carboxylic acid groups (broad SMARTS) is 1. The van der Waals surface area contributed by atoms with Gasteiger partial charge in [0.05, 0.1) is 0 Å². The van der Waals surface area contributed by atoms with E-state index < -0.39 is 18.2 Å². The Kier molecular flexibility index (Phi) is 4.99. The summed E-state index contributed by atoms with van der Waals surface area (Å²) in [6, 6.07) is 0.248. The number of nitrogens with zero attached hydrogens (tertiary/aromatic N) is 2. The van der Waals surface area contributed by atoms with Gasteiger partial charge < -0.3 is 19.6 Å². The number of amides is 1. The molecule has 2 aliphatic heterocycles. The molecule has 2 saturated heterocycles. The van der Waals surface area contributed by atoms with Crippen LogP contribution in [0.2, 0.25) is 0 Å². The first-order chi connectivity index (χ1) is 9.52. The van der Waals surface area contributed by atoms with Crippen molar-refractivity contribution >= 4 is 11.9 Å². The average Bonchev–Trinajstić information content (AvgIpc) is 2.96. The number of likely N-dealkylation sites (tertiary alicyclic amines) is 1. The van der Waals surface area contributed by atoms with Crippen LogP contribution in [-0.2, 0) is 14.3 Å². The standard InChI is InChI=1S/C14H24N2O4/c1-3-16-8-6-10(7-9-16)15(2)13(17)11-4-5-12(20-11)14(18)19/h10-12H,3-9H2,1-2H3,(H,18,19). The van der Waals surface area contributed by atoms with Gasteiger partial charge in [-0.3, -0.25) is 4.79 Å². The number of aliphatic carboxylic acids is 1. The highest BCUT2D eigenvalue weighted by molar-refractivity contribution is 5.82. The number of likely N-dealkylation sites (N-methyl/N-ethyl adjacent to an activating group) is 1. The highest BCUT2D eigenvalue weighted by Gasteiger charge is 2.37. The monoisotopic (exact) mass is 284 g/mol. The molecule has 2 heterocycles. The molecule has 0 aromatic carbocycles. The van der Waals surface area contributed by atoms with Crippen LogP contribution in [0.15, 0.2) is 0 Å². The topological polar surface area (TPSA) is 70.1 Å². The van der Waals surface area contributed by atoms with Crippen molar-refractivity contribution in [3.63, 3.8) is 0 Å². The molecule has 0 saturated carbocycles. The largest absolute Gasteiger partial charge is 0.479 e. The molecule has 1 amide bonds. The molecule has 2 aliphatic rings. The molecule has 1 N–H and O–H groups in total. The molecule has 2 rings (SSSR count). The van der Waals surface area contributed by atoms with E-state index in [1.807, 2.05) is 7.05 Å². The molecule has 0 bridgehead atoms. The highest BCUT2D eigenvalue weighted by Crippen LogP contribution is 2.24. The summed E-state index contributed by atoms with van der Waals surface area (Å²) < 4.78 is 5.34. The van der Waals surface area contributed by atoms with E-state index in [0.717, 1.165) is 32.5 Å². The Morgan fingerprint density at radius 3 is 2.30 bits per heavy atom. The number of piperidine rings is 1. The third-order valence-corrected chi connectivity index (χ3v) is 4.47. The number of carbonyl (C=O) groups excluding carboxylic acids is 1. The third kappa shape index (κ3) is 3.30. The van der Waals surface area contributed by atoms with Crippen molar-refractivity contribution in [2.75, 3.05) is 26.7 Å². The molecule has 0 aliphatic carbocycles. The fraction of sp³-hybridized carbons (Fsp3) is 0.857. The van der Waals surface area contributed by atoms with Gasteiger partial charge in [-0.25, -0.2) is 4.79 Å². The quantitative estimate of drug-likeness (QED) is 0.817. The van der Waals surface area contributed by atoms with Gasteiger partial charge in [-0.1, -0.05) is 6.92 Å². The van der Waals surface area contributed by atoms with Crippen LogP contribution in [0.5, 0.6) is 0 Å². The Bertz CT molecular complexity index is 366. The lowest BCUT2D eigenvalue weighted by molar-refractivity contribution is -0.155. The van der Waals surface area contributed by atoms with Crippen LogP contribution in [0.25, 0.3) is 0 Å². The van der Waals surface area contributed by atoms with Crippen LogP contribution < -0.4 is 0 Å². The van der Waals surface area contributed by atoms with Gasteiger partial charge in [-0.05, 0) is 32.2 Å². The fourth-order valence-electron chi connectivity index (χ4n) is 3.03. The van der Waals surface area contributed by atoms with Crippen LogP contribution in [0.1, 0.15) is 32.6 Å². The zero-order valence-corrected chi connectivity index (χ0v) is 12.2. The van der Waals surface area contributed by atoms with Crippen LogP contribution in [0, 0.1) is 0 Å². The third-order valence-electron chi connectivity index (χ3n) is 4.47. The van der Waals surface area contributed by atoms with Gasteiger partial charge in [0.1, 0.15) is 6.10 Å². The second-order valence-corrected chi connectivity index (χ2v) is 5.64. The lowest BCUT2D eigenvalue weighted by atomic mass is 10.0. The van der Waals surface area contributed by atoms with Crippen molar-refractivity contribution in [2.24, 2.45) is 0 Å². The van der Waals surface area contributed by atoms with Crippen LogP contribution >= 0.6 is 0 Å². The minimum Gasteiger partial charge on any atom is -0.479 e. The number of carboxylic acids is 1. The summed E-state index contributed by atoms with van der Waals surface area (Å²) in [6.07, 6.45) is 1.49. The summed E-state index contributed by atoms with van der Waals surface area (Å²) in [4.78, 5) is 27.4. The van der Waals surface area contributed by atoms with Crippen molar-refractivity contribution in [1.82, 2.24) is 9.80 Å². The minimum atomic E-state index is -0.973. The summed E-state index contributed by atoms with van der Waals surface area (Å²) in [5.41, 5.74) is 0. The van der Waals surface area contributed by atoms with Gasteiger partial charge >= 0.3 is 5.97 Å². The van der Waals surface area contributed by atoms with Gasteiger partial charge in [0.2, 0.25) is 0 Å². The molecular weight excluding hydrogens is 260 g/mol. The molecule has 2 atom stereocenters. The van der Waals surface area contributed by atoms with Gasteiger partial charge in [-0.2, -0.15) is 0 Å². The molecule has 0 aromatic heterocycles. The van der Waals surface area contributed by atoms with Crippen molar-refractivity contribution in [2.45, 2.75) is 50.9 Å². The molecule has 6 heteroatoms. The maximum atomic E-state index is 12.4. The summed E-state index contributed by atoms with van der Waals surface area (Å²) in [5, 5.41) is 8.90. The van der Waals surface area contributed by atoms with E-state index in [1.54, 1.807) is 4.90 Å². The first-order valence-corrected chi connectivity index (χ1v) is 7.40. The van der Waals surface area contributed by atoms with Crippen molar-refractivity contribution in [1.29, 1.82) is 0 Å². The smallest absolute Gasteiger partial charge is 0.332 e. The Morgan fingerprint density at radius 1 is 1.20 bits per heavy atom. The maximum absolute atomic E-state index is 12.4. The van der Waals surface area contributed by atoms with E-state index in [4.69, 9.17) is 9.84 Å². The average molecular weight is 284 g/mol. The number of hydrogen-bond acceptors (Lipinski definition) is 4. The summed E-state index contributed by atoms with van der Waals surface area (Å²) in [5.74, 6) is -1.04. The van der Waals surface area contributed by atoms with Crippen LogP contribution in [0.4, 0.5) is 0 Å². The molecule has 0 spiro atoms. The SMILES string of the molecule is CCN1CCC(N(C)C(=O)C2CCC(C(=O)O)O2)CC1. The van der Waals surface area contributed by atoms with E-state index in [9.17, 15) is 9.59 Å². The van der Waals surface area contributed by atoms with E-state index in [0.29, 0.717) is 12.8 Å². The summed E-state index contributed by atoms with van der Waals surface area (Å²) in [7, 11) is 1.81. The number of rotatable bonds is 4.